The van der Waals surface area contributed by atoms with Crippen LogP contribution in [0, 0.1) is 5.92 Å². The molecule has 0 aliphatic heterocycles. The molecule has 0 radical (unpaired) electrons. The Morgan fingerprint density at radius 3 is 2.44 bits per heavy atom. The number of carbonyl (C=O) groups excluding carboxylic acids is 1. The standard InChI is InChI=1S/C11H16N2O2.ClH/c1-7(2)10(12)11(15)13-8-5-3-4-6-9(8)14;/h3-7,10,14H,12H2,1-2H3,(H,13,15);1H. The number of para-hydroxylation sites is 2. The van der Waals surface area contributed by atoms with Gasteiger partial charge in [0.05, 0.1) is 11.7 Å². The molecule has 90 valence electrons. The highest BCUT2D eigenvalue weighted by Crippen LogP contribution is 2.21. The number of halogens is 1. The van der Waals surface area contributed by atoms with Crippen LogP contribution in [0.1, 0.15) is 13.8 Å². The van der Waals surface area contributed by atoms with Gasteiger partial charge in [-0.1, -0.05) is 26.0 Å². The van der Waals surface area contributed by atoms with Crippen molar-refractivity contribution >= 4 is 24.0 Å². The fourth-order valence-electron chi connectivity index (χ4n) is 1.10. The van der Waals surface area contributed by atoms with Gasteiger partial charge in [-0.25, -0.2) is 0 Å². The number of aromatic hydroxyl groups is 1. The summed E-state index contributed by atoms with van der Waals surface area (Å²) in [6.07, 6.45) is 0. The molecular formula is C11H17ClN2O2. The highest BCUT2D eigenvalue weighted by atomic mass is 35.5. The van der Waals surface area contributed by atoms with Gasteiger partial charge in [-0.05, 0) is 18.1 Å². The lowest BCUT2D eigenvalue weighted by Crippen LogP contribution is -2.39. The van der Waals surface area contributed by atoms with Crippen molar-refractivity contribution in [3.63, 3.8) is 0 Å². The van der Waals surface area contributed by atoms with Crippen molar-refractivity contribution in [3.8, 4) is 5.75 Å². The largest absolute Gasteiger partial charge is 0.506 e. The smallest absolute Gasteiger partial charge is 0.241 e. The fourth-order valence-corrected chi connectivity index (χ4v) is 1.10. The lowest BCUT2D eigenvalue weighted by Gasteiger charge is -2.15. The quantitative estimate of drug-likeness (QED) is 0.709. The number of phenols is 1. The molecule has 1 rings (SSSR count). The van der Waals surface area contributed by atoms with Crippen LogP contribution in [0.2, 0.25) is 0 Å². The van der Waals surface area contributed by atoms with Crippen molar-refractivity contribution in [2.75, 3.05) is 5.32 Å². The number of benzene rings is 1. The van der Waals surface area contributed by atoms with E-state index in [0.717, 1.165) is 0 Å². The molecule has 0 saturated carbocycles. The molecule has 0 heterocycles. The molecule has 4 nitrogen and oxygen atoms in total. The highest BCUT2D eigenvalue weighted by Gasteiger charge is 2.17. The van der Waals surface area contributed by atoms with Crippen LogP contribution in [0.25, 0.3) is 0 Å². The first-order valence-corrected chi connectivity index (χ1v) is 4.87. The number of hydrogen-bond acceptors (Lipinski definition) is 3. The minimum absolute atomic E-state index is 0. The summed E-state index contributed by atoms with van der Waals surface area (Å²) in [7, 11) is 0. The number of nitrogens with two attached hydrogens (primary N) is 1. The van der Waals surface area contributed by atoms with E-state index in [0.29, 0.717) is 5.69 Å². The van der Waals surface area contributed by atoms with Crippen LogP contribution in [0.3, 0.4) is 0 Å². The molecule has 0 aliphatic rings. The molecule has 4 N–H and O–H groups in total. The van der Waals surface area contributed by atoms with Gasteiger partial charge in [0.25, 0.3) is 0 Å². The average molecular weight is 245 g/mol. The molecule has 0 spiro atoms. The first-order chi connectivity index (χ1) is 7.02. The van der Waals surface area contributed by atoms with Gasteiger partial charge in [0, 0.05) is 0 Å². The van der Waals surface area contributed by atoms with Crippen LogP contribution in [0.5, 0.6) is 5.75 Å². The predicted molar refractivity (Wildman–Crippen MR) is 66.8 cm³/mol. The number of rotatable bonds is 3. The molecule has 5 heteroatoms. The molecule has 0 bridgehead atoms. The molecule has 0 fully saturated rings. The molecule has 1 amide bonds. The zero-order chi connectivity index (χ0) is 11.4. The van der Waals surface area contributed by atoms with Crippen LogP contribution >= 0.6 is 12.4 Å². The summed E-state index contributed by atoms with van der Waals surface area (Å²) in [6.45, 7) is 3.74. The number of hydrogen-bond donors (Lipinski definition) is 3. The summed E-state index contributed by atoms with van der Waals surface area (Å²) in [5, 5.41) is 12.0. The second-order valence-electron chi connectivity index (χ2n) is 3.78. The number of carbonyl (C=O) groups is 1. The van der Waals surface area contributed by atoms with E-state index in [1.807, 2.05) is 13.8 Å². The van der Waals surface area contributed by atoms with E-state index >= 15 is 0 Å². The number of nitrogens with one attached hydrogen (secondary N) is 1. The van der Waals surface area contributed by atoms with Crippen molar-refractivity contribution in [3.05, 3.63) is 24.3 Å². The van der Waals surface area contributed by atoms with Gasteiger partial charge in [0.2, 0.25) is 5.91 Å². The van der Waals surface area contributed by atoms with Gasteiger partial charge in [-0.3, -0.25) is 4.79 Å². The maximum absolute atomic E-state index is 11.6. The topological polar surface area (TPSA) is 75.4 Å². The van der Waals surface area contributed by atoms with Crippen molar-refractivity contribution in [2.45, 2.75) is 19.9 Å². The van der Waals surface area contributed by atoms with E-state index in [1.165, 1.54) is 6.07 Å². The van der Waals surface area contributed by atoms with E-state index in [9.17, 15) is 9.90 Å². The average Bonchev–Trinajstić information content (AvgIpc) is 2.20. The third-order valence-electron chi connectivity index (χ3n) is 2.18. The predicted octanol–water partition coefficient (Wildman–Crippen LogP) is 1.74. The zero-order valence-corrected chi connectivity index (χ0v) is 10.1. The van der Waals surface area contributed by atoms with Gasteiger partial charge >= 0.3 is 0 Å². The molecule has 1 unspecified atom stereocenters. The SMILES string of the molecule is CC(C)C(N)C(=O)Nc1ccccc1O.Cl. The second kappa shape index (κ2) is 6.35. The maximum atomic E-state index is 11.6. The van der Waals surface area contributed by atoms with E-state index in [2.05, 4.69) is 5.32 Å². The number of anilines is 1. The van der Waals surface area contributed by atoms with E-state index in [-0.39, 0.29) is 30.0 Å². The molecule has 0 aromatic heterocycles. The van der Waals surface area contributed by atoms with Crippen molar-refractivity contribution in [1.82, 2.24) is 0 Å². The van der Waals surface area contributed by atoms with E-state index in [1.54, 1.807) is 18.2 Å². The molecule has 16 heavy (non-hydrogen) atoms. The normalized spacial score (nSPS) is 11.8. The van der Waals surface area contributed by atoms with Gasteiger partial charge in [0.1, 0.15) is 5.75 Å². The Morgan fingerprint density at radius 1 is 1.38 bits per heavy atom. The Kier molecular flexibility index (Phi) is 5.85. The van der Waals surface area contributed by atoms with Crippen molar-refractivity contribution in [1.29, 1.82) is 0 Å². The third kappa shape index (κ3) is 3.72. The summed E-state index contributed by atoms with van der Waals surface area (Å²) in [6, 6.07) is 5.99. The monoisotopic (exact) mass is 244 g/mol. The minimum atomic E-state index is -0.565. The summed E-state index contributed by atoms with van der Waals surface area (Å²) < 4.78 is 0. The van der Waals surface area contributed by atoms with Gasteiger partial charge < -0.3 is 16.2 Å². The molecule has 1 aromatic rings. The van der Waals surface area contributed by atoms with Crippen LogP contribution in [-0.4, -0.2) is 17.1 Å². The Balaban J connectivity index is 0.00000225. The summed E-state index contributed by atoms with van der Waals surface area (Å²) in [4.78, 5) is 11.6. The summed E-state index contributed by atoms with van der Waals surface area (Å²) in [5.74, 6) is -0.177. The van der Waals surface area contributed by atoms with Gasteiger partial charge in [-0.2, -0.15) is 0 Å². The van der Waals surface area contributed by atoms with Crippen molar-refractivity contribution in [2.24, 2.45) is 11.7 Å². The first-order valence-electron chi connectivity index (χ1n) is 4.87. The summed E-state index contributed by atoms with van der Waals surface area (Å²) in [5.41, 5.74) is 6.05. The number of amides is 1. The zero-order valence-electron chi connectivity index (χ0n) is 9.31. The molecule has 0 saturated heterocycles. The Bertz CT molecular complexity index is 356. The van der Waals surface area contributed by atoms with Crippen LogP contribution in [-0.2, 0) is 4.79 Å². The third-order valence-corrected chi connectivity index (χ3v) is 2.18. The Morgan fingerprint density at radius 2 is 1.94 bits per heavy atom. The second-order valence-corrected chi connectivity index (χ2v) is 3.78. The maximum Gasteiger partial charge on any atom is 0.241 e. The minimum Gasteiger partial charge on any atom is -0.506 e. The Hall–Kier alpha value is -1.26. The van der Waals surface area contributed by atoms with Gasteiger partial charge in [0.15, 0.2) is 0 Å². The van der Waals surface area contributed by atoms with Crippen LogP contribution in [0.15, 0.2) is 24.3 Å². The van der Waals surface area contributed by atoms with E-state index in [4.69, 9.17) is 5.73 Å². The Labute approximate surface area is 101 Å². The lowest BCUT2D eigenvalue weighted by atomic mass is 10.0. The lowest BCUT2D eigenvalue weighted by molar-refractivity contribution is -0.118. The number of phenolic OH excluding ortho intramolecular Hbond substituents is 1. The molecule has 1 atom stereocenters. The fraction of sp³-hybridized carbons (Fsp3) is 0.364. The van der Waals surface area contributed by atoms with E-state index < -0.39 is 6.04 Å². The highest BCUT2D eigenvalue weighted by molar-refractivity contribution is 5.95. The first kappa shape index (κ1) is 14.7. The molecule has 1 aromatic carbocycles. The van der Waals surface area contributed by atoms with Crippen LogP contribution < -0.4 is 11.1 Å². The van der Waals surface area contributed by atoms with Crippen molar-refractivity contribution < 1.29 is 9.90 Å². The van der Waals surface area contributed by atoms with Gasteiger partial charge in [-0.15, -0.1) is 12.4 Å². The summed E-state index contributed by atoms with van der Waals surface area (Å²) >= 11 is 0. The van der Waals surface area contributed by atoms with Crippen LogP contribution in [0.4, 0.5) is 5.69 Å². The molecular weight excluding hydrogens is 228 g/mol. The molecule has 0 aliphatic carbocycles.